The summed E-state index contributed by atoms with van der Waals surface area (Å²) in [5.74, 6) is -0.704. The zero-order valence-electron chi connectivity index (χ0n) is 14.8. The highest BCUT2D eigenvalue weighted by molar-refractivity contribution is 6.00. The molecule has 2 rings (SSSR count). The molecule has 0 aliphatic carbocycles. The van der Waals surface area contributed by atoms with E-state index in [9.17, 15) is 9.59 Å². The molecule has 1 aromatic carbocycles. The van der Waals surface area contributed by atoms with Crippen LogP contribution in [0.1, 0.15) is 39.8 Å². The van der Waals surface area contributed by atoms with Crippen molar-refractivity contribution >= 4 is 11.8 Å². The summed E-state index contributed by atoms with van der Waals surface area (Å²) in [6, 6.07) is 8.07. The molecule has 1 heterocycles. The number of nitrogens with zero attached hydrogens (tertiary/aromatic N) is 1. The number of carbonyl (C=O) groups excluding carboxylic acids is 2. The lowest BCUT2D eigenvalue weighted by atomic mass is 10.1. The zero-order valence-corrected chi connectivity index (χ0v) is 14.8. The monoisotopic (exact) mass is 325 g/mol. The predicted octanol–water partition coefficient (Wildman–Crippen LogP) is 4.01. The van der Waals surface area contributed by atoms with Crippen molar-refractivity contribution in [2.75, 3.05) is 6.61 Å². The van der Waals surface area contributed by atoms with Crippen LogP contribution in [0.4, 0.5) is 0 Å². The highest BCUT2D eigenvalue weighted by atomic mass is 16.5. The molecular formula is C20H23NO3. The molecule has 0 bridgehead atoms. The largest absolute Gasteiger partial charge is 0.454 e. The quantitative estimate of drug-likeness (QED) is 0.474. The minimum Gasteiger partial charge on any atom is -0.454 e. The highest BCUT2D eigenvalue weighted by Gasteiger charge is 2.18. The van der Waals surface area contributed by atoms with Gasteiger partial charge in [0.15, 0.2) is 6.61 Å². The van der Waals surface area contributed by atoms with Gasteiger partial charge in [-0.25, -0.2) is 4.79 Å². The molecule has 0 spiro atoms. The fourth-order valence-corrected chi connectivity index (χ4v) is 2.71. The average Bonchev–Trinajstić information content (AvgIpc) is 2.83. The molecule has 2 aromatic rings. The second-order valence-corrected chi connectivity index (χ2v) is 5.92. The molecule has 0 fully saturated rings. The number of aromatic nitrogens is 1. The number of allylic oxidation sites excluding steroid dienone is 1. The lowest BCUT2D eigenvalue weighted by Gasteiger charge is -2.12. The summed E-state index contributed by atoms with van der Waals surface area (Å²) in [7, 11) is 0. The number of Topliss-reactive ketones (excluding diaryl/α,β-unsaturated/α-hetero) is 1. The zero-order chi connectivity index (χ0) is 17.9. The van der Waals surface area contributed by atoms with E-state index >= 15 is 0 Å². The van der Waals surface area contributed by atoms with Crippen LogP contribution in [0.25, 0.3) is 5.69 Å². The van der Waals surface area contributed by atoms with E-state index in [0.717, 1.165) is 17.1 Å². The molecule has 4 heteroatoms. The van der Waals surface area contributed by atoms with E-state index in [2.05, 4.69) is 26.0 Å². The SMILES string of the molecule is C/C=C/C(=O)OCC(=O)c1cc(C)n(-c2ccc(C)c(C)c2)c1C. The Morgan fingerprint density at radius 2 is 1.79 bits per heavy atom. The summed E-state index contributed by atoms with van der Waals surface area (Å²) in [5.41, 5.74) is 5.86. The lowest BCUT2D eigenvalue weighted by molar-refractivity contribution is -0.136. The van der Waals surface area contributed by atoms with E-state index in [1.54, 1.807) is 13.0 Å². The maximum absolute atomic E-state index is 12.4. The Hall–Kier alpha value is -2.62. The molecule has 0 amide bonds. The van der Waals surface area contributed by atoms with Crippen molar-refractivity contribution < 1.29 is 14.3 Å². The summed E-state index contributed by atoms with van der Waals surface area (Å²) in [4.78, 5) is 23.7. The molecule has 0 saturated heterocycles. The van der Waals surface area contributed by atoms with Gasteiger partial charge in [-0.1, -0.05) is 12.1 Å². The first-order valence-corrected chi connectivity index (χ1v) is 7.94. The number of hydrogen-bond donors (Lipinski definition) is 0. The smallest absolute Gasteiger partial charge is 0.330 e. The van der Waals surface area contributed by atoms with Crippen LogP contribution in [0, 0.1) is 27.7 Å². The molecule has 0 unspecified atom stereocenters. The summed E-state index contributed by atoms with van der Waals surface area (Å²) < 4.78 is 7.01. The van der Waals surface area contributed by atoms with Crippen LogP contribution in [0.2, 0.25) is 0 Å². The van der Waals surface area contributed by atoms with Crippen LogP contribution in [0.5, 0.6) is 0 Å². The first-order valence-electron chi connectivity index (χ1n) is 7.94. The van der Waals surface area contributed by atoms with E-state index in [-0.39, 0.29) is 12.4 Å². The fraction of sp³-hybridized carbons (Fsp3) is 0.300. The number of carbonyl (C=O) groups is 2. The van der Waals surface area contributed by atoms with Crippen LogP contribution < -0.4 is 0 Å². The van der Waals surface area contributed by atoms with E-state index in [1.165, 1.54) is 17.2 Å². The molecule has 126 valence electrons. The normalized spacial score (nSPS) is 11.0. The maximum Gasteiger partial charge on any atom is 0.330 e. The number of aryl methyl sites for hydroxylation is 3. The molecule has 0 radical (unpaired) electrons. The van der Waals surface area contributed by atoms with Gasteiger partial charge in [0.25, 0.3) is 0 Å². The molecule has 4 nitrogen and oxygen atoms in total. The van der Waals surface area contributed by atoms with Crippen molar-refractivity contribution in [2.24, 2.45) is 0 Å². The molecule has 24 heavy (non-hydrogen) atoms. The van der Waals surface area contributed by atoms with E-state index in [4.69, 9.17) is 4.74 Å². The van der Waals surface area contributed by atoms with Gasteiger partial charge in [-0.3, -0.25) is 4.79 Å². The van der Waals surface area contributed by atoms with Gasteiger partial charge in [0.1, 0.15) is 0 Å². The second kappa shape index (κ2) is 7.30. The first kappa shape index (κ1) is 17.7. The fourth-order valence-electron chi connectivity index (χ4n) is 2.71. The Bertz CT molecular complexity index is 813. The predicted molar refractivity (Wildman–Crippen MR) is 94.8 cm³/mol. The summed E-state index contributed by atoms with van der Waals surface area (Å²) >= 11 is 0. The Morgan fingerprint density at radius 1 is 1.08 bits per heavy atom. The van der Waals surface area contributed by atoms with Crippen LogP contribution in [0.3, 0.4) is 0 Å². The maximum atomic E-state index is 12.4. The lowest BCUT2D eigenvalue weighted by Crippen LogP contribution is -2.13. The van der Waals surface area contributed by atoms with Crippen molar-refractivity contribution in [2.45, 2.75) is 34.6 Å². The topological polar surface area (TPSA) is 48.3 Å². The Balaban J connectivity index is 2.30. The molecule has 0 N–H and O–H groups in total. The Morgan fingerprint density at radius 3 is 2.42 bits per heavy atom. The minimum atomic E-state index is -0.506. The van der Waals surface area contributed by atoms with Gasteiger partial charge in [-0.2, -0.15) is 0 Å². The number of rotatable bonds is 5. The van der Waals surface area contributed by atoms with Gasteiger partial charge in [-0.05, 0) is 63.9 Å². The Kier molecular flexibility index (Phi) is 5.39. The summed E-state index contributed by atoms with van der Waals surface area (Å²) in [6.45, 7) is 9.48. The highest BCUT2D eigenvalue weighted by Crippen LogP contribution is 2.23. The average molecular weight is 325 g/mol. The number of hydrogen-bond acceptors (Lipinski definition) is 3. The van der Waals surface area contributed by atoms with Gasteiger partial charge in [0.05, 0.1) is 0 Å². The van der Waals surface area contributed by atoms with Gasteiger partial charge in [-0.15, -0.1) is 0 Å². The molecule has 0 saturated carbocycles. The van der Waals surface area contributed by atoms with Gasteiger partial charge in [0.2, 0.25) is 5.78 Å². The standard InChI is InChI=1S/C20H23NO3/c1-6-7-20(23)24-12-19(22)18-11-15(4)21(16(18)5)17-9-8-13(2)14(3)10-17/h6-11H,12H2,1-5H3/b7-6+. The summed E-state index contributed by atoms with van der Waals surface area (Å²) in [6.07, 6.45) is 2.88. The molecule has 0 aliphatic rings. The van der Waals surface area contributed by atoms with Crippen LogP contribution in [-0.2, 0) is 9.53 Å². The van der Waals surface area contributed by atoms with Crippen LogP contribution >= 0.6 is 0 Å². The third kappa shape index (κ3) is 3.65. The number of ketones is 1. The first-order chi connectivity index (χ1) is 11.3. The molecule has 1 aromatic heterocycles. The van der Waals surface area contributed by atoms with Gasteiger partial charge < -0.3 is 9.30 Å². The van der Waals surface area contributed by atoms with Crippen molar-refractivity contribution in [1.82, 2.24) is 4.57 Å². The van der Waals surface area contributed by atoms with E-state index in [1.807, 2.05) is 30.5 Å². The van der Waals surface area contributed by atoms with E-state index in [0.29, 0.717) is 5.56 Å². The number of esters is 1. The Labute approximate surface area is 142 Å². The van der Waals surface area contributed by atoms with E-state index < -0.39 is 5.97 Å². The van der Waals surface area contributed by atoms with Crippen LogP contribution in [-0.4, -0.2) is 22.9 Å². The summed E-state index contributed by atoms with van der Waals surface area (Å²) in [5, 5.41) is 0. The number of benzene rings is 1. The minimum absolute atomic E-state index is 0.198. The molecule has 0 atom stereocenters. The van der Waals surface area contributed by atoms with Gasteiger partial charge >= 0.3 is 5.97 Å². The van der Waals surface area contributed by atoms with Crippen molar-refractivity contribution in [1.29, 1.82) is 0 Å². The van der Waals surface area contributed by atoms with Crippen molar-refractivity contribution in [3.05, 3.63) is 64.5 Å². The second-order valence-electron chi connectivity index (χ2n) is 5.92. The van der Waals surface area contributed by atoms with Crippen LogP contribution in [0.15, 0.2) is 36.4 Å². The van der Waals surface area contributed by atoms with Gasteiger partial charge in [0, 0.05) is 28.7 Å². The third-order valence-electron chi connectivity index (χ3n) is 4.13. The van der Waals surface area contributed by atoms with Crippen molar-refractivity contribution in [3.8, 4) is 5.69 Å². The number of ether oxygens (including phenoxy) is 1. The third-order valence-corrected chi connectivity index (χ3v) is 4.13. The van der Waals surface area contributed by atoms with Crippen molar-refractivity contribution in [3.63, 3.8) is 0 Å². The molecular weight excluding hydrogens is 302 g/mol. The molecule has 0 aliphatic heterocycles.